The van der Waals surface area contributed by atoms with Crippen molar-refractivity contribution in [1.82, 2.24) is 4.98 Å². The van der Waals surface area contributed by atoms with E-state index < -0.39 is 5.97 Å². The number of halogens is 1. The molecule has 0 N–H and O–H groups in total. The molecule has 0 saturated carbocycles. The second-order valence-corrected chi connectivity index (χ2v) is 5.04. The molecule has 0 unspecified atom stereocenters. The minimum absolute atomic E-state index is 0.431. The fourth-order valence-electron chi connectivity index (χ4n) is 2.03. The summed E-state index contributed by atoms with van der Waals surface area (Å²) in [6, 6.07) is 19.5. The van der Waals surface area contributed by atoms with E-state index in [0.717, 1.165) is 11.3 Å². The fourth-order valence-corrected chi connectivity index (χ4v) is 2.16. The molecule has 0 saturated heterocycles. The average Bonchev–Trinajstić information content (AvgIpc) is 2.57. The summed E-state index contributed by atoms with van der Waals surface area (Å²) in [6.07, 6.45) is 1.70. The Labute approximate surface area is 133 Å². The number of pyridine rings is 1. The number of aromatic nitrogens is 1. The molecule has 0 aliphatic carbocycles. The number of esters is 1. The van der Waals surface area contributed by atoms with Gasteiger partial charge in [0.2, 0.25) is 0 Å². The number of hydrogen-bond acceptors (Lipinski definition) is 3. The normalized spacial score (nSPS) is 10.2. The van der Waals surface area contributed by atoms with Crippen LogP contribution in [0, 0.1) is 0 Å². The Kier molecular flexibility index (Phi) is 4.17. The van der Waals surface area contributed by atoms with Crippen LogP contribution in [-0.4, -0.2) is 11.0 Å². The van der Waals surface area contributed by atoms with Gasteiger partial charge in [-0.15, -0.1) is 0 Å². The Bertz CT molecular complexity index is 786. The van der Waals surface area contributed by atoms with Crippen LogP contribution in [0.15, 0.2) is 72.9 Å². The summed E-state index contributed by atoms with van der Waals surface area (Å²) in [4.78, 5) is 16.5. The van der Waals surface area contributed by atoms with Gasteiger partial charge in [0.25, 0.3) is 0 Å². The van der Waals surface area contributed by atoms with Gasteiger partial charge in [0, 0.05) is 16.8 Å². The molecule has 4 heteroatoms. The fraction of sp³-hybridized carbons (Fsp3) is 0. The monoisotopic (exact) mass is 309 g/mol. The molecule has 1 heterocycles. The van der Waals surface area contributed by atoms with Gasteiger partial charge >= 0.3 is 5.97 Å². The maximum Gasteiger partial charge on any atom is 0.343 e. The second-order valence-electron chi connectivity index (χ2n) is 4.61. The van der Waals surface area contributed by atoms with E-state index in [0.29, 0.717) is 16.3 Å². The number of carbonyl (C=O) groups excluding carboxylic acids is 1. The van der Waals surface area contributed by atoms with E-state index in [9.17, 15) is 4.79 Å². The van der Waals surface area contributed by atoms with Crippen LogP contribution in [0.2, 0.25) is 5.02 Å². The zero-order valence-electron chi connectivity index (χ0n) is 11.6. The zero-order valence-corrected chi connectivity index (χ0v) is 12.3. The van der Waals surface area contributed by atoms with Crippen LogP contribution in [0.25, 0.3) is 11.3 Å². The van der Waals surface area contributed by atoms with Crippen molar-refractivity contribution in [2.24, 2.45) is 0 Å². The number of hydrogen-bond donors (Lipinski definition) is 0. The third-order valence-corrected chi connectivity index (χ3v) is 3.36. The molecule has 2 aromatic carbocycles. The van der Waals surface area contributed by atoms with Gasteiger partial charge in [-0.3, -0.25) is 4.98 Å². The molecule has 0 fully saturated rings. The molecule has 3 nitrogen and oxygen atoms in total. The molecule has 108 valence electrons. The van der Waals surface area contributed by atoms with Crippen molar-refractivity contribution in [1.29, 1.82) is 0 Å². The van der Waals surface area contributed by atoms with Gasteiger partial charge in [0.1, 0.15) is 5.75 Å². The van der Waals surface area contributed by atoms with E-state index in [2.05, 4.69) is 4.98 Å². The summed E-state index contributed by atoms with van der Waals surface area (Å²) >= 11 is 5.82. The Morgan fingerprint density at radius 3 is 2.36 bits per heavy atom. The summed E-state index contributed by atoms with van der Waals surface area (Å²) in [5.41, 5.74) is 1.97. The molecular weight excluding hydrogens is 298 g/mol. The van der Waals surface area contributed by atoms with Crippen LogP contribution < -0.4 is 4.74 Å². The van der Waals surface area contributed by atoms with Crippen molar-refractivity contribution in [2.45, 2.75) is 0 Å². The number of para-hydroxylation sites is 1. The SMILES string of the molecule is O=C(Oc1ccccc1-c1ccccn1)c1ccc(Cl)cc1. The molecule has 0 amide bonds. The first-order valence-corrected chi connectivity index (χ1v) is 7.10. The lowest BCUT2D eigenvalue weighted by molar-refractivity contribution is 0.0735. The lowest BCUT2D eigenvalue weighted by atomic mass is 10.1. The van der Waals surface area contributed by atoms with Crippen molar-refractivity contribution in [3.63, 3.8) is 0 Å². The molecule has 0 radical (unpaired) electrons. The molecule has 1 aromatic heterocycles. The van der Waals surface area contributed by atoms with E-state index >= 15 is 0 Å². The van der Waals surface area contributed by atoms with Gasteiger partial charge in [0.15, 0.2) is 0 Å². The van der Waals surface area contributed by atoms with Gasteiger partial charge in [-0.05, 0) is 48.5 Å². The van der Waals surface area contributed by atoms with Crippen molar-refractivity contribution < 1.29 is 9.53 Å². The van der Waals surface area contributed by atoms with E-state index in [4.69, 9.17) is 16.3 Å². The van der Waals surface area contributed by atoms with Crippen molar-refractivity contribution in [3.8, 4) is 17.0 Å². The predicted octanol–water partition coefficient (Wildman–Crippen LogP) is 4.62. The van der Waals surface area contributed by atoms with E-state index in [1.165, 1.54) is 0 Å². The van der Waals surface area contributed by atoms with E-state index in [1.807, 2.05) is 36.4 Å². The molecule has 3 aromatic rings. The van der Waals surface area contributed by atoms with Crippen molar-refractivity contribution in [3.05, 3.63) is 83.5 Å². The molecular formula is C18H12ClNO2. The Morgan fingerprint density at radius 1 is 0.909 bits per heavy atom. The van der Waals surface area contributed by atoms with Gasteiger partial charge in [-0.25, -0.2) is 4.79 Å². The van der Waals surface area contributed by atoms with E-state index in [1.54, 1.807) is 36.5 Å². The number of carbonyl (C=O) groups is 1. The minimum atomic E-state index is -0.431. The third-order valence-electron chi connectivity index (χ3n) is 3.11. The van der Waals surface area contributed by atoms with Crippen LogP contribution >= 0.6 is 11.6 Å². The molecule has 3 rings (SSSR count). The summed E-state index contributed by atoms with van der Waals surface area (Å²) < 4.78 is 5.50. The van der Waals surface area contributed by atoms with Crippen molar-refractivity contribution >= 4 is 17.6 Å². The Balaban J connectivity index is 1.90. The lowest BCUT2D eigenvalue weighted by Crippen LogP contribution is -2.09. The smallest absolute Gasteiger partial charge is 0.343 e. The highest BCUT2D eigenvalue weighted by Crippen LogP contribution is 2.28. The first-order chi connectivity index (χ1) is 10.7. The van der Waals surface area contributed by atoms with Gasteiger partial charge in [-0.2, -0.15) is 0 Å². The molecule has 0 bridgehead atoms. The first kappa shape index (κ1) is 14.3. The summed E-state index contributed by atoms with van der Waals surface area (Å²) in [6.45, 7) is 0. The summed E-state index contributed by atoms with van der Waals surface area (Å²) in [5, 5.41) is 0.574. The molecule has 0 aliphatic heterocycles. The van der Waals surface area contributed by atoms with Crippen molar-refractivity contribution in [2.75, 3.05) is 0 Å². The maximum absolute atomic E-state index is 12.2. The zero-order chi connectivity index (χ0) is 15.4. The molecule has 0 aliphatic rings. The Morgan fingerprint density at radius 2 is 1.64 bits per heavy atom. The highest BCUT2D eigenvalue weighted by Gasteiger charge is 2.12. The quantitative estimate of drug-likeness (QED) is 0.523. The van der Waals surface area contributed by atoms with Crippen LogP contribution in [0.3, 0.4) is 0 Å². The van der Waals surface area contributed by atoms with Gasteiger partial charge in [0.05, 0.1) is 11.3 Å². The number of rotatable bonds is 3. The number of ether oxygens (including phenoxy) is 1. The number of nitrogens with zero attached hydrogens (tertiary/aromatic N) is 1. The highest BCUT2D eigenvalue weighted by atomic mass is 35.5. The van der Waals surface area contributed by atoms with Crippen LogP contribution in [0.4, 0.5) is 0 Å². The largest absolute Gasteiger partial charge is 0.422 e. The molecule has 22 heavy (non-hydrogen) atoms. The topological polar surface area (TPSA) is 39.2 Å². The average molecular weight is 310 g/mol. The van der Waals surface area contributed by atoms with Crippen LogP contribution in [-0.2, 0) is 0 Å². The molecule has 0 atom stereocenters. The number of benzene rings is 2. The first-order valence-electron chi connectivity index (χ1n) is 6.72. The molecule has 0 spiro atoms. The van der Waals surface area contributed by atoms with Crippen LogP contribution in [0.5, 0.6) is 5.75 Å². The second kappa shape index (κ2) is 6.41. The van der Waals surface area contributed by atoms with Gasteiger partial charge < -0.3 is 4.74 Å². The lowest BCUT2D eigenvalue weighted by Gasteiger charge is -2.09. The minimum Gasteiger partial charge on any atom is -0.422 e. The van der Waals surface area contributed by atoms with E-state index in [-0.39, 0.29) is 0 Å². The predicted molar refractivity (Wildman–Crippen MR) is 86.1 cm³/mol. The maximum atomic E-state index is 12.2. The third kappa shape index (κ3) is 3.15. The standard InChI is InChI=1S/C18H12ClNO2/c19-14-10-8-13(9-11-14)18(21)22-17-7-2-1-5-15(17)16-6-3-4-12-20-16/h1-12H. The highest BCUT2D eigenvalue weighted by molar-refractivity contribution is 6.30. The van der Waals surface area contributed by atoms with Gasteiger partial charge in [-0.1, -0.05) is 29.8 Å². The Hall–Kier alpha value is -2.65. The van der Waals surface area contributed by atoms with Crippen LogP contribution in [0.1, 0.15) is 10.4 Å². The summed E-state index contributed by atoms with van der Waals surface area (Å²) in [5.74, 6) is 0.0428. The summed E-state index contributed by atoms with van der Waals surface area (Å²) in [7, 11) is 0.